The van der Waals surface area contributed by atoms with Gasteiger partial charge in [-0.2, -0.15) is 0 Å². The third-order valence-electron chi connectivity index (χ3n) is 3.57. The highest BCUT2D eigenvalue weighted by molar-refractivity contribution is 9.10. The van der Waals surface area contributed by atoms with Crippen LogP contribution < -0.4 is 0 Å². The largest absolute Gasteiger partial charge is 0.321 e. The molecule has 1 amide bonds. The fourth-order valence-electron chi connectivity index (χ4n) is 2.42. The summed E-state index contributed by atoms with van der Waals surface area (Å²) in [5.74, 6) is -2.20. The zero-order valence-corrected chi connectivity index (χ0v) is 14.1. The van der Waals surface area contributed by atoms with Crippen molar-refractivity contribution in [2.75, 3.05) is 5.75 Å². The molecule has 3 rings (SSSR count). The highest BCUT2D eigenvalue weighted by atomic mass is 79.9. The first-order valence-electron chi connectivity index (χ1n) is 6.76. The molecule has 23 heavy (non-hydrogen) atoms. The minimum absolute atomic E-state index is 0.0326. The molecule has 0 spiro atoms. The van der Waals surface area contributed by atoms with Gasteiger partial charge in [0.05, 0.1) is 16.8 Å². The van der Waals surface area contributed by atoms with E-state index in [4.69, 9.17) is 0 Å². The second-order valence-corrected chi connectivity index (χ2v) is 6.99. The normalized spacial score (nSPS) is 17.8. The van der Waals surface area contributed by atoms with E-state index in [1.807, 2.05) is 0 Å². The van der Waals surface area contributed by atoms with Crippen molar-refractivity contribution in [2.45, 2.75) is 11.9 Å². The Balaban J connectivity index is 1.91. The van der Waals surface area contributed by atoms with Gasteiger partial charge in [0.1, 0.15) is 11.2 Å². The summed E-state index contributed by atoms with van der Waals surface area (Å²) in [5, 5.41) is -0.359. The van der Waals surface area contributed by atoms with Gasteiger partial charge in [-0.05, 0) is 39.7 Å². The molecule has 2 nitrogen and oxygen atoms in total. The first kappa shape index (κ1) is 16.4. The van der Waals surface area contributed by atoms with Crippen molar-refractivity contribution in [1.29, 1.82) is 0 Å². The van der Waals surface area contributed by atoms with E-state index < -0.39 is 17.5 Å². The SMILES string of the molecule is O=C1CSC(c2ccc(F)c(Br)c2)N1Cc1cccc(F)c1F. The van der Waals surface area contributed by atoms with Crippen LogP contribution in [0.1, 0.15) is 16.5 Å². The molecule has 1 saturated heterocycles. The van der Waals surface area contributed by atoms with Crippen molar-refractivity contribution < 1.29 is 18.0 Å². The Labute approximate surface area is 143 Å². The van der Waals surface area contributed by atoms with Crippen molar-refractivity contribution in [1.82, 2.24) is 4.90 Å². The Morgan fingerprint density at radius 3 is 2.70 bits per heavy atom. The molecule has 0 aliphatic carbocycles. The van der Waals surface area contributed by atoms with Crippen molar-refractivity contribution in [3.8, 4) is 0 Å². The molecule has 1 atom stereocenters. The van der Waals surface area contributed by atoms with Crippen LogP contribution in [-0.2, 0) is 11.3 Å². The molecule has 7 heteroatoms. The Hall–Kier alpha value is -1.47. The monoisotopic (exact) mass is 401 g/mol. The molecule has 1 aliphatic heterocycles. The number of nitrogens with zero attached hydrogens (tertiary/aromatic N) is 1. The number of carbonyl (C=O) groups excluding carboxylic acids is 1. The van der Waals surface area contributed by atoms with Gasteiger partial charge in [-0.1, -0.05) is 18.2 Å². The summed E-state index contributed by atoms with van der Waals surface area (Å²) in [7, 11) is 0. The van der Waals surface area contributed by atoms with E-state index in [0.29, 0.717) is 4.47 Å². The van der Waals surface area contributed by atoms with E-state index in [-0.39, 0.29) is 29.1 Å². The standard InChI is InChI=1S/C16H11BrF3NOS/c17-11-6-9(4-5-12(11)18)16-21(14(22)8-23-16)7-10-2-1-3-13(19)15(10)20/h1-6,16H,7-8H2. The summed E-state index contributed by atoms with van der Waals surface area (Å²) in [6.45, 7) is -0.0326. The van der Waals surface area contributed by atoms with Gasteiger partial charge in [-0.25, -0.2) is 13.2 Å². The quantitative estimate of drug-likeness (QED) is 0.746. The lowest BCUT2D eigenvalue weighted by Gasteiger charge is -2.24. The van der Waals surface area contributed by atoms with Crippen LogP contribution in [0, 0.1) is 17.5 Å². The maximum absolute atomic E-state index is 13.9. The maximum Gasteiger partial charge on any atom is 0.234 e. The van der Waals surface area contributed by atoms with Crippen LogP contribution in [0.4, 0.5) is 13.2 Å². The van der Waals surface area contributed by atoms with Gasteiger partial charge < -0.3 is 4.90 Å². The Morgan fingerprint density at radius 2 is 1.96 bits per heavy atom. The van der Waals surface area contributed by atoms with Gasteiger partial charge in [0.2, 0.25) is 5.91 Å². The number of hydrogen-bond donors (Lipinski definition) is 0. The molecule has 1 aliphatic rings. The second-order valence-electron chi connectivity index (χ2n) is 5.07. The van der Waals surface area contributed by atoms with Crippen molar-refractivity contribution in [2.24, 2.45) is 0 Å². The average Bonchev–Trinajstić information content (AvgIpc) is 2.88. The van der Waals surface area contributed by atoms with Crippen LogP contribution >= 0.6 is 27.7 Å². The molecular formula is C16H11BrF3NOS. The molecule has 1 fully saturated rings. The van der Waals surface area contributed by atoms with E-state index in [0.717, 1.165) is 11.6 Å². The maximum atomic E-state index is 13.9. The Morgan fingerprint density at radius 1 is 1.17 bits per heavy atom. The van der Waals surface area contributed by atoms with Crippen LogP contribution in [0.3, 0.4) is 0 Å². The molecule has 1 heterocycles. The minimum Gasteiger partial charge on any atom is -0.321 e. The number of hydrogen-bond acceptors (Lipinski definition) is 2. The van der Waals surface area contributed by atoms with Crippen LogP contribution in [-0.4, -0.2) is 16.6 Å². The fourth-order valence-corrected chi connectivity index (χ4v) is 4.00. The van der Waals surface area contributed by atoms with Crippen molar-refractivity contribution >= 4 is 33.6 Å². The summed E-state index contributed by atoms with van der Waals surface area (Å²) in [6.07, 6.45) is 0. The highest BCUT2D eigenvalue weighted by Gasteiger charge is 2.33. The van der Waals surface area contributed by atoms with Crippen LogP contribution in [0.25, 0.3) is 0 Å². The molecule has 0 aromatic heterocycles. The minimum atomic E-state index is -0.948. The molecule has 2 aromatic rings. The molecular weight excluding hydrogens is 391 g/mol. The molecule has 1 unspecified atom stereocenters. The zero-order chi connectivity index (χ0) is 16.6. The van der Waals surface area contributed by atoms with Gasteiger partial charge >= 0.3 is 0 Å². The summed E-state index contributed by atoms with van der Waals surface area (Å²) in [6, 6.07) is 8.39. The number of thioether (sulfide) groups is 1. The molecule has 2 aromatic carbocycles. The first-order valence-corrected chi connectivity index (χ1v) is 8.60. The molecule has 120 valence electrons. The number of carbonyl (C=O) groups is 1. The Bertz CT molecular complexity index is 771. The topological polar surface area (TPSA) is 20.3 Å². The number of amides is 1. The van der Waals surface area contributed by atoms with Crippen LogP contribution in [0.2, 0.25) is 0 Å². The summed E-state index contributed by atoms with van der Waals surface area (Å²) in [4.78, 5) is 13.6. The van der Waals surface area contributed by atoms with Crippen LogP contribution in [0.15, 0.2) is 40.9 Å². The lowest BCUT2D eigenvalue weighted by molar-refractivity contribution is -0.128. The van der Waals surface area contributed by atoms with Gasteiger partial charge in [0.25, 0.3) is 0 Å². The first-order chi connectivity index (χ1) is 11.0. The zero-order valence-electron chi connectivity index (χ0n) is 11.7. The summed E-state index contributed by atoms with van der Waals surface area (Å²) in [5.41, 5.74) is 0.845. The number of halogens is 4. The molecule has 0 radical (unpaired) electrons. The summed E-state index contributed by atoms with van der Waals surface area (Å²) >= 11 is 4.49. The van der Waals surface area contributed by atoms with Gasteiger partial charge in [-0.15, -0.1) is 11.8 Å². The van der Waals surface area contributed by atoms with Crippen molar-refractivity contribution in [3.05, 3.63) is 69.4 Å². The van der Waals surface area contributed by atoms with Crippen molar-refractivity contribution in [3.63, 3.8) is 0 Å². The van der Waals surface area contributed by atoms with E-state index in [1.165, 1.54) is 34.9 Å². The lowest BCUT2D eigenvalue weighted by atomic mass is 10.1. The smallest absolute Gasteiger partial charge is 0.234 e. The van der Waals surface area contributed by atoms with Gasteiger partial charge in [0.15, 0.2) is 11.6 Å². The number of rotatable bonds is 3. The average molecular weight is 402 g/mol. The van der Waals surface area contributed by atoms with E-state index in [9.17, 15) is 18.0 Å². The van der Waals surface area contributed by atoms with Gasteiger partial charge in [0, 0.05) is 5.56 Å². The predicted molar refractivity (Wildman–Crippen MR) is 86.2 cm³/mol. The predicted octanol–water partition coefficient (Wildman–Crippen LogP) is 4.64. The molecule has 0 bridgehead atoms. The third kappa shape index (κ3) is 3.26. The third-order valence-corrected chi connectivity index (χ3v) is 5.43. The van der Waals surface area contributed by atoms with E-state index in [2.05, 4.69) is 15.9 Å². The van der Waals surface area contributed by atoms with Crippen LogP contribution in [0.5, 0.6) is 0 Å². The summed E-state index contributed by atoms with van der Waals surface area (Å²) < 4.78 is 40.9. The number of benzene rings is 2. The molecule has 0 saturated carbocycles. The second kappa shape index (κ2) is 6.57. The highest BCUT2D eigenvalue weighted by Crippen LogP contribution is 2.40. The lowest BCUT2D eigenvalue weighted by Crippen LogP contribution is -2.28. The Kier molecular flexibility index (Phi) is 4.68. The fraction of sp³-hybridized carbons (Fsp3) is 0.188. The van der Waals surface area contributed by atoms with Gasteiger partial charge in [-0.3, -0.25) is 4.79 Å². The molecule has 0 N–H and O–H groups in total. The van der Waals surface area contributed by atoms with E-state index in [1.54, 1.807) is 12.1 Å². The van der Waals surface area contributed by atoms with E-state index >= 15 is 0 Å².